The summed E-state index contributed by atoms with van der Waals surface area (Å²) in [7, 11) is 0. The fourth-order valence-electron chi connectivity index (χ4n) is 2.85. The van der Waals surface area contributed by atoms with Crippen LogP contribution in [0.25, 0.3) is 0 Å². The minimum absolute atomic E-state index is 0.152. The third-order valence-electron chi connectivity index (χ3n) is 4.15. The molecule has 0 aliphatic heterocycles. The summed E-state index contributed by atoms with van der Waals surface area (Å²) in [4.78, 5) is 24.1. The van der Waals surface area contributed by atoms with E-state index in [2.05, 4.69) is 15.5 Å². The molecule has 1 amide bonds. The molecule has 126 valence electrons. The predicted molar refractivity (Wildman–Crippen MR) is 86.8 cm³/mol. The van der Waals surface area contributed by atoms with Crippen LogP contribution in [0.2, 0.25) is 0 Å². The zero-order valence-corrected chi connectivity index (χ0v) is 13.3. The van der Waals surface area contributed by atoms with Crippen molar-refractivity contribution >= 4 is 17.6 Å². The topological polar surface area (TPSA) is 104 Å². The Morgan fingerprint density at radius 2 is 2.29 bits per heavy atom. The van der Waals surface area contributed by atoms with Gasteiger partial charge in [0.1, 0.15) is 5.75 Å². The maximum atomic E-state index is 12.4. The fraction of sp³-hybridized carbons (Fsp3) is 0.353. The van der Waals surface area contributed by atoms with Gasteiger partial charge in [-0.3, -0.25) is 9.89 Å². The number of nitrogens with zero attached hydrogens (tertiary/aromatic N) is 1. The number of aromatic hydroxyl groups is 1. The molecule has 1 unspecified atom stereocenters. The highest BCUT2D eigenvalue weighted by Crippen LogP contribution is 2.28. The number of hydrogen-bond donors (Lipinski definition) is 3. The molecule has 7 heteroatoms. The molecule has 1 aromatic carbocycles. The maximum Gasteiger partial charge on any atom is 0.338 e. The molecule has 0 saturated carbocycles. The van der Waals surface area contributed by atoms with Crippen LogP contribution in [0.5, 0.6) is 5.75 Å². The van der Waals surface area contributed by atoms with Crippen molar-refractivity contribution in [3.63, 3.8) is 0 Å². The molecule has 0 radical (unpaired) electrons. The van der Waals surface area contributed by atoms with Gasteiger partial charge in [0.25, 0.3) is 0 Å². The Morgan fingerprint density at radius 1 is 1.46 bits per heavy atom. The number of carbonyl (C=O) groups excluding carboxylic acids is 2. The zero-order valence-electron chi connectivity index (χ0n) is 13.3. The van der Waals surface area contributed by atoms with Crippen LogP contribution in [0.1, 0.15) is 35.0 Å². The Morgan fingerprint density at radius 3 is 3.04 bits per heavy atom. The van der Waals surface area contributed by atoms with Gasteiger partial charge in [-0.15, -0.1) is 0 Å². The van der Waals surface area contributed by atoms with E-state index < -0.39 is 5.97 Å². The number of anilines is 1. The maximum absolute atomic E-state index is 12.4. The molecule has 1 atom stereocenters. The van der Waals surface area contributed by atoms with Gasteiger partial charge in [-0.25, -0.2) is 4.79 Å². The number of H-pyrrole nitrogens is 1. The van der Waals surface area contributed by atoms with E-state index >= 15 is 0 Å². The van der Waals surface area contributed by atoms with E-state index in [0.717, 1.165) is 24.1 Å². The molecule has 7 nitrogen and oxygen atoms in total. The molecule has 1 aliphatic carbocycles. The summed E-state index contributed by atoms with van der Waals surface area (Å²) in [5.41, 5.74) is 2.67. The highest BCUT2D eigenvalue weighted by molar-refractivity contribution is 5.96. The highest BCUT2D eigenvalue weighted by Gasteiger charge is 2.26. The van der Waals surface area contributed by atoms with E-state index in [0.29, 0.717) is 6.42 Å². The van der Waals surface area contributed by atoms with E-state index in [4.69, 9.17) is 4.74 Å². The second-order valence-electron chi connectivity index (χ2n) is 5.76. The summed E-state index contributed by atoms with van der Waals surface area (Å²) in [5.74, 6) is -0.987. The molecule has 24 heavy (non-hydrogen) atoms. The number of benzene rings is 1. The predicted octanol–water partition coefficient (Wildman–Crippen LogP) is 2.04. The molecule has 1 aliphatic rings. The number of fused-ring (bicyclic) bond motifs is 1. The van der Waals surface area contributed by atoms with Crippen molar-refractivity contribution in [1.29, 1.82) is 0 Å². The summed E-state index contributed by atoms with van der Waals surface area (Å²) in [6.45, 7) is 1.97. The van der Waals surface area contributed by atoms with Crippen molar-refractivity contribution in [3.8, 4) is 5.75 Å². The van der Waals surface area contributed by atoms with Crippen molar-refractivity contribution in [3.05, 3.63) is 41.2 Å². The first-order valence-corrected chi connectivity index (χ1v) is 7.90. The Balaban J connectivity index is 1.68. The van der Waals surface area contributed by atoms with Gasteiger partial charge in [0.15, 0.2) is 0 Å². The largest absolute Gasteiger partial charge is 0.506 e. The Labute approximate surface area is 139 Å². The van der Waals surface area contributed by atoms with E-state index in [1.807, 2.05) is 0 Å². The van der Waals surface area contributed by atoms with Gasteiger partial charge in [-0.2, -0.15) is 5.10 Å². The minimum Gasteiger partial charge on any atom is -0.506 e. The summed E-state index contributed by atoms with van der Waals surface area (Å²) in [6.07, 6.45) is 3.88. The van der Waals surface area contributed by atoms with Crippen LogP contribution in [0.15, 0.2) is 24.4 Å². The number of amides is 1. The molecule has 1 aromatic heterocycles. The van der Waals surface area contributed by atoms with Gasteiger partial charge in [-0.1, -0.05) is 0 Å². The average Bonchev–Trinajstić information content (AvgIpc) is 3.04. The van der Waals surface area contributed by atoms with Gasteiger partial charge in [-0.05, 0) is 49.9 Å². The number of ether oxygens (including phenoxy) is 1. The van der Waals surface area contributed by atoms with Crippen molar-refractivity contribution < 1.29 is 19.4 Å². The number of phenols is 1. The number of carbonyl (C=O) groups is 2. The van der Waals surface area contributed by atoms with Crippen molar-refractivity contribution in [2.24, 2.45) is 5.92 Å². The van der Waals surface area contributed by atoms with Crippen molar-refractivity contribution in [2.45, 2.75) is 26.2 Å². The number of esters is 1. The number of aryl methyl sites for hydroxylation is 1. The van der Waals surface area contributed by atoms with E-state index in [1.165, 1.54) is 18.2 Å². The first-order chi connectivity index (χ1) is 11.6. The van der Waals surface area contributed by atoms with Crippen LogP contribution in [-0.2, 0) is 22.4 Å². The standard InChI is InChI=1S/C17H19N3O4/c1-2-24-17(23)11-4-6-14(15(21)8-11)19-16(22)10-3-5-13-12(7-10)9-18-20-13/h4,6,8-10,21H,2-3,5,7H2,1H3,(H,18,20)(H,19,22). The lowest BCUT2D eigenvalue weighted by molar-refractivity contribution is -0.120. The summed E-state index contributed by atoms with van der Waals surface area (Å²) >= 11 is 0. The monoisotopic (exact) mass is 329 g/mol. The second kappa shape index (κ2) is 6.74. The Hall–Kier alpha value is -2.83. The number of rotatable bonds is 4. The lowest BCUT2D eigenvalue weighted by Crippen LogP contribution is -2.28. The third-order valence-corrected chi connectivity index (χ3v) is 4.15. The molecule has 0 spiro atoms. The number of nitrogens with one attached hydrogen (secondary N) is 2. The molecule has 1 heterocycles. The van der Waals surface area contributed by atoms with E-state index in [1.54, 1.807) is 13.1 Å². The van der Waals surface area contributed by atoms with Gasteiger partial charge in [0.2, 0.25) is 5.91 Å². The first-order valence-electron chi connectivity index (χ1n) is 7.90. The quantitative estimate of drug-likeness (QED) is 0.588. The van der Waals surface area contributed by atoms with Gasteiger partial charge < -0.3 is 15.2 Å². The summed E-state index contributed by atoms with van der Waals surface area (Å²) in [6, 6.07) is 4.32. The SMILES string of the molecule is CCOC(=O)c1ccc(NC(=O)C2CCc3[nH]ncc3C2)c(O)c1. The molecule has 0 bridgehead atoms. The molecule has 2 aromatic rings. The summed E-state index contributed by atoms with van der Waals surface area (Å²) < 4.78 is 4.88. The Bertz CT molecular complexity index is 769. The number of aromatic amines is 1. The zero-order chi connectivity index (χ0) is 17.1. The lowest BCUT2D eigenvalue weighted by Gasteiger charge is -2.21. The third kappa shape index (κ3) is 3.24. The first kappa shape index (κ1) is 16.0. The van der Waals surface area contributed by atoms with Gasteiger partial charge >= 0.3 is 5.97 Å². The number of hydrogen-bond acceptors (Lipinski definition) is 5. The van der Waals surface area contributed by atoms with Gasteiger partial charge in [0.05, 0.1) is 24.1 Å². The lowest BCUT2D eigenvalue weighted by atomic mass is 9.87. The van der Waals surface area contributed by atoms with Crippen LogP contribution in [0.4, 0.5) is 5.69 Å². The van der Waals surface area contributed by atoms with Crippen LogP contribution < -0.4 is 5.32 Å². The molecule has 3 N–H and O–H groups in total. The summed E-state index contributed by atoms with van der Waals surface area (Å²) in [5, 5.41) is 19.7. The molecule has 0 fully saturated rings. The van der Waals surface area contributed by atoms with Crippen LogP contribution >= 0.6 is 0 Å². The Kier molecular flexibility index (Phi) is 4.50. The van der Waals surface area contributed by atoms with Crippen molar-refractivity contribution in [1.82, 2.24) is 10.2 Å². The molecule has 0 saturated heterocycles. The molecular weight excluding hydrogens is 310 g/mol. The highest BCUT2D eigenvalue weighted by atomic mass is 16.5. The normalized spacial score (nSPS) is 16.3. The molecular formula is C17H19N3O4. The van der Waals surface area contributed by atoms with E-state index in [-0.39, 0.29) is 35.4 Å². The van der Waals surface area contributed by atoms with Crippen LogP contribution in [0, 0.1) is 5.92 Å². The fourth-order valence-corrected chi connectivity index (χ4v) is 2.85. The van der Waals surface area contributed by atoms with Crippen LogP contribution in [-0.4, -0.2) is 33.8 Å². The second-order valence-corrected chi connectivity index (χ2v) is 5.76. The van der Waals surface area contributed by atoms with Crippen molar-refractivity contribution in [2.75, 3.05) is 11.9 Å². The van der Waals surface area contributed by atoms with Crippen LogP contribution in [0.3, 0.4) is 0 Å². The smallest absolute Gasteiger partial charge is 0.338 e. The van der Waals surface area contributed by atoms with Gasteiger partial charge in [0, 0.05) is 11.6 Å². The van der Waals surface area contributed by atoms with E-state index in [9.17, 15) is 14.7 Å². The molecule has 3 rings (SSSR count). The number of aromatic nitrogens is 2. The average molecular weight is 329 g/mol. The minimum atomic E-state index is -0.509. The number of phenolic OH excluding ortho intramolecular Hbond substituents is 1.